The molecule has 1 aliphatic heterocycles. The van der Waals surface area contributed by atoms with Crippen molar-refractivity contribution in [3.63, 3.8) is 0 Å². The third-order valence-corrected chi connectivity index (χ3v) is 6.80. The molecule has 174 valence electrons. The van der Waals surface area contributed by atoms with Crippen LogP contribution in [0.25, 0.3) is 6.08 Å². The minimum atomic E-state index is -0.474. The monoisotopic (exact) mass is 525 g/mol. The number of hydrogen-bond acceptors (Lipinski definition) is 7. The van der Waals surface area contributed by atoms with E-state index in [0.717, 1.165) is 37.4 Å². The fourth-order valence-corrected chi connectivity index (χ4v) is 5.27. The SMILES string of the molecule is CCOC(=O)COc1c(Br)cc(/C=C2/SC(=O)N(CC3CCCCC3)C2=O)cc1OCC. The van der Waals surface area contributed by atoms with E-state index in [9.17, 15) is 14.4 Å². The molecule has 3 rings (SSSR count). The van der Waals surface area contributed by atoms with E-state index >= 15 is 0 Å². The molecule has 9 heteroatoms. The highest BCUT2D eigenvalue weighted by Gasteiger charge is 2.36. The molecule has 0 aromatic heterocycles. The van der Waals surface area contributed by atoms with Crippen molar-refractivity contribution in [2.45, 2.75) is 46.0 Å². The van der Waals surface area contributed by atoms with Crippen LogP contribution >= 0.6 is 27.7 Å². The smallest absolute Gasteiger partial charge is 0.344 e. The highest BCUT2D eigenvalue weighted by atomic mass is 79.9. The Balaban J connectivity index is 1.77. The number of amides is 2. The van der Waals surface area contributed by atoms with Crippen molar-refractivity contribution in [1.29, 1.82) is 0 Å². The van der Waals surface area contributed by atoms with Gasteiger partial charge in [0.1, 0.15) is 0 Å². The fraction of sp³-hybridized carbons (Fsp3) is 0.522. The minimum absolute atomic E-state index is 0.217. The van der Waals surface area contributed by atoms with Gasteiger partial charge in [0, 0.05) is 6.54 Å². The zero-order chi connectivity index (χ0) is 23.1. The summed E-state index contributed by atoms with van der Waals surface area (Å²) in [5.74, 6) is 0.479. The Kier molecular flexibility index (Phi) is 9.04. The maximum absolute atomic E-state index is 12.9. The van der Waals surface area contributed by atoms with Gasteiger partial charge in [-0.25, -0.2) is 4.79 Å². The Bertz CT molecular complexity index is 897. The summed E-state index contributed by atoms with van der Waals surface area (Å²) in [5.41, 5.74) is 0.687. The quantitative estimate of drug-likeness (QED) is 0.315. The first kappa shape index (κ1) is 24.6. The largest absolute Gasteiger partial charge is 0.490 e. The van der Waals surface area contributed by atoms with Crippen molar-refractivity contribution >= 4 is 50.9 Å². The van der Waals surface area contributed by atoms with Gasteiger partial charge in [-0.1, -0.05) is 19.3 Å². The molecule has 1 saturated heterocycles. The lowest BCUT2D eigenvalue weighted by molar-refractivity contribution is -0.145. The van der Waals surface area contributed by atoms with Crippen LogP contribution in [0.3, 0.4) is 0 Å². The van der Waals surface area contributed by atoms with E-state index in [4.69, 9.17) is 14.2 Å². The summed E-state index contributed by atoms with van der Waals surface area (Å²) in [6.45, 7) is 4.49. The summed E-state index contributed by atoms with van der Waals surface area (Å²) in [4.78, 5) is 38.8. The van der Waals surface area contributed by atoms with E-state index in [1.165, 1.54) is 11.3 Å². The van der Waals surface area contributed by atoms with Crippen LogP contribution in [0.2, 0.25) is 0 Å². The molecule has 2 amide bonds. The van der Waals surface area contributed by atoms with Crippen molar-refractivity contribution in [2.24, 2.45) is 5.92 Å². The molecule has 2 fully saturated rings. The summed E-state index contributed by atoms with van der Waals surface area (Å²) in [6.07, 6.45) is 7.38. The number of nitrogens with zero attached hydrogens (tertiary/aromatic N) is 1. The molecule has 0 unspecified atom stereocenters. The van der Waals surface area contributed by atoms with Crippen molar-refractivity contribution in [3.8, 4) is 11.5 Å². The molecule has 32 heavy (non-hydrogen) atoms. The van der Waals surface area contributed by atoms with Crippen LogP contribution < -0.4 is 9.47 Å². The standard InChI is InChI=1S/C23H28BrNO6S/c1-3-29-18-11-16(10-17(24)21(18)31-14-20(26)30-4-2)12-19-22(27)25(23(28)32-19)13-15-8-6-5-7-9-15/h10-12,15H,3-9,13-14H2,1-2H3/b19-12+. The number of ether oxygens (including phenoxy) is 3. The van der Waals surface area contributed by atoms with E-state index in [0.29, 0.717) is 45.5 Å². The highest BCUT2D eigenvalue weighted by molar-refractivity contribution is 9.10. The van der Waals surface area contributed by atoms with E-state index in [1.807, 2.05) is 6.92 Å². The fourth-order valence-electron chi connectivity index (χ4n) is 3.84. The predicted molar refractivity (Wildman–Crippen MR) is 127 cm³/mol. The number of benzene rings is 1. The Morgan fingerprint density at radius 2 is 1.91 bits per heavy atom. The van der Waals surface area contributed by atoms with Gasteiger partial charge in [-0.05, 0) is 84.1 Å². The van der Waals surface area contributed by atoms with Gasteiger partial charge in [0.05, 0.1) is 22.6 Å². The number of halogens is 1. The van der Waals surface area contributed by atoms with Crippen LogP contribution in [-0.4, -0.2) is 48.4 Å². The molecule has 0 radical (unpaired) electrons. The number of carbonyl (C=O) groups is 3. The molecule has 1 aromatic rings. The van der Waals surface area contributed by atoms with Crippen LogP contribution in [0.5, 0.6) is 11.5 Å². The Hall–Kier alpha value is -2.00. The topological polar surface area (TPSA) is 82.1 Å². The van der Waals surface area contributed by atoms with Crippen LogP contribution in [0.15, 0.2) is 21.5 Å². The Labute approximate surface area is 201 Å². The van der Waals surface area contributed by atoms with Gasteiger partial charge >= 0.3 is 5.97 Å². The van der Waals surface area contributed by atoms with Crippen molar-refractivity contribution in [1.82, 2.24) is 4.90 Å². The van der Waals surface area contributed by atoms with Crippen LogP contribution in [0.1, 0.15) is 51.5 Å². The van der Waals surface area contributed by atoms with Crippen molar-refractivity contribution < 1.29 is 28.6 Å². The van der Waals surface area contributed by atoms with Gasteiger partial charge in [-0.2, -0.15) is 0 Å². The lowest BCUT2D eigenvalue weighted by Gasteiger charge is -2.25. The maximum atomic E-state index is 12.9. The number of esters is 1. The zero-order valence-electron chi connectivity index (χ0n) is 18.4. The number of thioether (sulfide) groups is 1. The number of rotatable bonds is 9. The van der Waals surface area contributed by atoms with Gasteiger partial charge in [0.2, 0.25) is 0 Å². The molecular formula is C23H28BrNO6S. The summed E-state index contributed by atoms with van der Waals surface area (Å²) in [6, 6.07) is 3.49. The molecule has 0 N–H and O–H groups in total. The zero-order valence-corrected chi connectivity index (χ0v) is 20.8. The lowest BCUT2D eigenvalue weighted by Crippen LogP contribution is -2.34. The Morgan fingerprint density at radius 1 is 1.16 bits per heavy atom. The molecule has 1 saturated carbocycles. The average Bonchev–Trinajstić information content (AvgIpc) is 3.01. The maximum Gasteiger partial charge on any atom is 0.344 e. The second kappa shape index (κ2) is 11.7. The molecule has 0 bridgehead atoms. The third-order valence-electron chi connectivity index (χ3n) is 5.31. The van der Waals surface area contributed by atoms with Crippen molar-refractivity contribution in [3.05, 3.63) is 27.1 Å². The average molecular weight is 526 g/mol. The van der Waals surface area contributed by atoms with Gasteiger partial charge in [-0.3, -0.25) is 14.5 Å². The molecule has 0 atom stereocenters. The normalized spacial score (nSPS) is 18.3. The van der Waals surface area contributed by atoms with Gasteiger partial charge < -0.3 is 14.2 Å². The minimum Gasteiger partial charge on any atom is -0.490 e. The molecule has 1 aromatic carbocycles. The van der Waals surface area contributed by atoms with Crippen molar-refractivity contribution in [2.75, 3.05) is 26.4 Å². The van der Waals surface area contributed by atoms with Gasteiger partial charge in [-0.15, -0.1) is 0 Å². The first-order valence-corrected chi connectivity index (χ1v) is 12.5. The van der Waals surface area contributed by atoms with Gasteiger partial charge in [0.15, 0.2) is 18.1 Å². The van der Waals surface area contributed by atoms with E-state index < -0.39 is 5.97 Å². The number of imide groups is 1. The number of hydrogen-bond donors (Lipinski definition) is 0. The molecular weight excluding hydrogens is 498 g/mol. The molecule has 2 aliphatic rings. The van der Waals surface area contributed by atoms with E-state index in [1.54, 1.807) is 25.1 Å². The molecule has 0 spiro atoms. The first-order chi connectivity index (χ1) is 15.4. The Morgan fingerprint density at radius 3 is 2.59 bits per heavy atom. The van der Waals surface area contributed by atoms with Crippen LogP contribution in [-0.2, 0) is 14.3 Å². The lowest BCUT2D eigenvalue weighted by atomic mass is 9.89. The van der Waals surface area contributed by atoms with Crippen LogP contribution in [0.4, 0.5) is 4.79 Å². The summed E-state index contributed by atoms with van der Waals surface area (Å²) >= 11 is 4.42. The third kappa shape index (κ3) is 6.28. The van der Waals surface area contributed by atoms with E-state index in [-0.39, 0.29) is 24.4 Å². The second-order valence-corrected chi connectivity index (χ2v) is 9.50. The molecule has 1 aliphatic carbocycles. The van der Waals surface area contributed by atoms with Crippen LogP contribution in [0, 0.1) is 5.92 Å². The summed E-state index contributed by atoms with van der Waals surface area (Å²) in [5, 5.41) is -0.217. The second-order valence-electron chi connectivity index (χ2n) is 7.65. The molecule has 1 heterocycles. The summed E-state index contributed by atoms with van der Waals surface area (Å²) < 4.78 is 16.7. The first-order valence-electron chi connectivity index (χ1n) is 10.9. The van der Waals surface area contributed by atoms with Gasteiger partial charge in [0.25, 0.3) is 11.1 Å². The van der Waals surface area contributed by atoms with E-state index in [2.05, 4.69) is 15.9 Å². The predicted octanol–water partition coefficient (Wildman–Crippen LogP) is 5.41. The highest BCUT2D eigenvalue weighted by Crippen LogP contribution is 2.40. The molecule has 7 nitrogen and oxygen atoms in total. The summed E-state index contributed by atoms with van der Waals surface area (Å²) in [7, 11) is 0. The number of carbonyl (C=O) groups excluding carboxylic acids is 3.